The molecular formula is C16H28N2O3. The van der Waals surface area contributed by atoms with Crippen molar-refractivity contribution in [1.29, 1.82) is 0 Å². The van der Waals surface area contributed by atoms with Gasteiger partial charge in [0, 0.05) is 13.1 Å². The second-order valence-corrected chi connectivity index (χ2v) is 7.33. The topological polar surface area (TPSA) is 69.6 Å². The van der Waals surface area contributed by atoms with Crippen LogP contribution in [0.3, 0.4) is 0 Å². The molecule has 0 spiro atoms. The number of hydrogen-bond donors (Lipinski definition) is 2. The molecule has 0 aromatic heterocycles. The van der Waals surface area contributed by atoms with Gasteiger partial charge in [0.25, 0.3) is 0 Å². The fourth-order valence-corrected chi connectivity index (χ4v) is 3.51. The van der Waals surface area contributed by atoms with Crippen LogP contribution in [0.5, 0.6) is 0 Å². The third kappa shape index (κ3) is 3.23. The molecule has 0 aromatic carbocycles. The number of piperidine rings is 2. The smallest absolute Gasteiger partial charge is 0.309 e. The largest absolute Gasteiger partial charge is 0.481 e. The Morgan fingerprint density at radius 1 is 1.29 bits per heavy atom. The fourth-order valence-electron chi connectivity index (χ4n) is 3.51. The highest BCUT2D eigenvalue weighted by molar-refractivity contribution is 5.86. The maximum absolute atomic E-state index is 12.8. The number of nitrogens with one attached hydrogen (secondary N) is 1. The first-order chi connectivity index (χ1) is 9.77. The van der Waals surface area contributed by atoms with E-state index in [0.717, 1.165) is 45.2 Å². The molecule has 0 radical (unpaired) electrons. The van der Waals surface area contributed by atoms with Gasteiger partial charge in [-0.05, 0) is 65.3 Å². The first kappa shape index (κ1) is 16.3. The number of rotatable bonds is 3. The lowest BCUT2D eigenvalue weighted by atomic mass is 9.74. The van der Waals surface area contributed by atoms with Gasteiger partial charge in [-0.3, -0.25) is 9.59 Å². The van der Waals surface area contributed by atoms with Gasteiger partial charge in [0.1, 0.15) is 0 Å². The molecule has 2 aliphatic rings. The Bertz CT molecular complexity index is 414. The van der Waals surface area contributed by atoms with E-state index in [1.54, 1.807) is 13.8 Å². The predicted octanol–water partition coefficient (Wildman–Crippen LogP) is 1.87. The van der Waals surface area contributed by atoms with E-state index >= 15 is 0 Å². The third-order valence-corrected chi connectivity index (χ3v) is 5.37. The van der Waals surface area contributed by atoms with Crippen molar-refractivity contribution in [3.63, 3.8) is 0 Å². The summed E-state index contributed by atoms with van der Waals surface area (Å²) in [5.41, 5.74) is -1.24. The molecular weight excluding hydrogens is 268 g/mol. The number of nitrogens with zero attached hydrogens (tertiary/aromatic N) is 1. The van der Waals surface area contributed by atoms with Crippen LogP contribution in [0.1, 0.15) is 52.9 Å². The van der Waals surface area contributed by atoms with Gasteiger partial charge in [-0.2, -0.15) is 0 Å². The summed E-state index contributed by atoms with van der Waals surface area (Å²) in [5.74, 6) is -0.600. The molecule has 2 N–H and O–H groups in total. The molecule has 0 aliphatic carbocycles. The molecule has 2 aliphatic heterocycles. The Hall–Kier alpha value is -1.10. The molecule has 0 saturated carbocycles. The Balaban J connectivity index is 2.07. The van der Waals surface area contributed by atoms with Crippen molar-refractivity contribution in [2.75, 3.05) is 19.6 Å². The van der Waals surface area contributed by atoms with Crippen molar-refractivity contribution in [3.05, 3.63) is 0 Å². The molecule has 5 heteroatoms. The van der Waals surface area contributed by atoms with Gasteiger partial charge in [0.15, 0.2) is 0 Å². The minimum Gasteiger partial charge on any atom is -0.481 e. The normalized spacial score (nSPS) is 31.0. The molecule has 0 bridgehead atoms. The van der Waals surface area contributed by atoms with Gasteiger partial charge in [0.2, 0.25) is 5.91 Å². The molecule has 21 heavy (non-hydrogen) atoms. The zero-order valence-electron chi connectivity index (χ0n) is 13.4. The number of carbonyl (C=O) groups is 2. The first-order valence-electron chi connectivity index (χ1n) is 8.05. The fraction of sp³-hybridized carbons (Fsp3) is 0.875. The minimum absolute atomic E-state index is 0.0277. The van der Waals surface area contributed by atoms with Crippen molar-refractivity contribution in [2.24, 2.45) is 11.3 Å². The second kappa shape index (κ2) is 5.95. The number of carboxylic acid groups (broad SMARTS) is 1. The van der Waals surface area contributed by atoms with Crippen molar-refractivity contribution in [3.8, 4) is 0 Å². The molecule has 1 amide bonds. The van der Waals surface area contributed by atoms with Crippen LogP contribution in [-0.2, 0) is 9.59 Å². The maximum Gasteiger partial charge on any atom is 0.309 e. The van der Waals surface area contributed by atoms with Crippen LogP contribution in [0, 0.1) is 11.3 Å². The predicted molar refractivity (Wildman–Crippen MR) is 81.0 cm³/mol. The first-order valence-corrected chi connectivity index (χ1v) is 8.05. The van der Waals surface area contributed by atoms with Gasteiger partial charge < -0.3 is 15.3 Å². The Morgan fingerprint density at radius 3 is 2.57 bits per heavy atom. The summed E-state index contributed by atoms with van der Waals surface area (Å²) in [6.45, 7) is 7.74. The van der Waals surface area contributed by atoms with Crippen LogP contribution in [0.15, 0.2) is 0 Å². The lowest BCUT2D eigenvalue weighted by molar-refractivity contribution is -0.154. The van der Waals surface area contributed by atoms with Crippen LogP contribution in [0.25, 0.3) is 0 Å². The molecule has 2 unspecified atom stereocenters. The van der Waals surface area contributed by atoms with Crippen molar-refractivity contribution >= 4 is 11.9 Å². The van der Waals surface area contributed by atoms with Crippen LogP contribution < -0.4 is 5.32 Å². The standard InChI is InChI=1S/C16H28N2O3/c1-15(2,14(20)21)12-7-6-10-18(11-12)13(19)16(3)8-4-5-9-17-16/h12,17H,4-11H2,1-3H3,(H,20,21). The van der Waals surface area contributed by atoms with Crippen LogP contribution >= 0.6 is 0 Å². The zero-order chi connectivity index (χ0) is 15.7. The molecule has 2 fully saturated rings. The van der Waals surface area contributed by atoms with Gasteiger partial charge in [-0.15, -0.1) is 0 Å². The number of hydrogen-bond acceptors (Lipinski definition) is 3. The number of likely N-dealkylation sites (tertiary alicyclic amines) is 1. The van der Waals surface area contributed by atoms with E-state index in [0.29, 0.717) is 6.54 Å². The lowest BCUT2D eigenvalue weighted by Gasteiger charge is -2.43. The summed E-state index contributed by atoms with van der Waals surface area (Å²) in [6.07, 6.45) is 4.84. The van der Waals surface area contributed by atoms with Crippen molar-refractivity contribution in [2.45, 2.75) is 58.4 Å². The van der Waals surface area contributed by atoms with E-state index in [4.69, 9.17) is 0 Å². The highest BCUT2D eigenvalue weighted by Gasteiger charge is 2.43. The summed E-state index contributed by atoms with van der Waals surface area (Å²) in [4.78, 5) is 26.2. The Kier molecular flexibility index (Phi) is 4.61. The minimum atomic E-state index is -0.778. The maximum atomic E-state index is 12.8. The number of carboxylic acids is 1. The molecule has 5 nitrogen and oxygen atoms in total. The zero-order valence-corrected chi connectivity index (χ0v) is 13.4. The number of aliphatic carboxylic acids is 1. The molecule has 2 heterocycles. The highest BCUT2D eigenvalue weighted by Crippen LogP contribution is 2.35. The SMILES string of the molecule is CC1(C(=O)N2CCCC(C(C)(C)C(=O)O)C2)CCCCN1. The van der Waals surface area contributed by atoms with Crippen molar-refractivity contribution in [1.82, 2.24) is 10.2 Å². The van der Waals surface area contributed by atoms with Crippen LogP contribution in [0.2, 0.25) is 0 Å². The van der Waals surface area contributed by atoms with Gasteiger partial charge in [-0.1, -0.05) is 0 Å². The Morgan fingerprint density at radius 2 is 2.00 bits per heavy atom. The van der Waals surface area contributed by atoms with E-state index < -0.39 is 16.9 Å². The molecule has 2 saturated heterocycles. The number of carbonyl (C=O) groups excluding carboxylic acids is 1. The van der Waals surface area contributed by atoms with Gasteiger partial charge in [0.05, 0.1) is 11.0 Å². The van der Waals surface area contributed by atoms with E-state index in [2.05, 4.69) is 5.32 Å². The quantitative estimate of drug-likeness (QED) is 0.834. The average molecular weight is 296 g/mol. The van der Waals surface area contributed by atoms with E-state index in [1.807, 2.05) is 11.8 Å². The van der Waals surface area contributed by atoms with Crippen LogP contribution in [-0.4, -0.2) is 47.1 Å². The van der Waals surface area contributed by atoms with E-state index in [1.165, 1.54) is 0 Å². The summed E-state index contributed by atoms with van der Waals surface area (Å²) in [6, 6.07) is 0. The lowest BCUT2D eigenvalue weighted by Crippen LogP contribution is -2.60. The summed E-state index contributed by atoms with van der Waals surface area (Å²) < 4.78 is 0. The average Bonchev–Trinajstić information content (AvgIpc) is 2.47. The molecule has 2 atom stereocenters. The third-order valence-electron chi connectivity index (χ3n) is 5.37. The summed E-state index contributed by atoms with van der Waals surface area (Å²) in [7, 11) is 0. The monoisotopic (exact) mass is 296 g/mol. The second-order valence-electron chi connectivity index (χ2n) is 7.33. The van der Waals surface area contributed by atoms with E-state index in [-0.39, 0.29) is 11.8 Å². The Labute approximate surface area is 127 Å². The van der Waals surface area contributed by atoms with Gasteiger partial charge in [-0.25, -0.2) is 0 Å². The molecule has 0 aromatic rings. The van der Waals surface area contributed by atoms with E-state index in [9.17, 15) is 14.7 Å². The summed E-state index contributed by atoms with van der Waals surface area (Å²) >= 11 is 0. The van der Waals surface area contributed by atoms with Crippen LogP contribution in [0.4, 0.5) is 0 Å². The molecule has 2 rings (SSSR count). The molecule has 120 valence electrons. The van der Waals surface area contributed by atoms with Gasteiger partial charge >= 0.3 is 5.97 Å². The van der Waals surface area contributed by atoms with Crippen molar-refractivity contribution < 1.29 is 14.7 Å². The number of amides is 1. The summed E-state index contributed by atoms with van der Waals surface area (Å²) in [5, 5.41) is 12.8. The highest BCUT2D eigenvalue weighted by atomic mass is 16.4.